The fraction of sp³-hybridized carbons (Fsp3) is 0.542. The van der Waals surface area contributed by atoms with Crippen LogP contribution in [-0.4, -0.2) is 80.6 Å². The fourth-order valence-corrected chi connectivity index (χ4v) is 5.03. The van der Waals surface area contributed by atoms with Crippen LogP contribution in [0.4, 0.5) is 4.39 Å². The van der Waals surface area contributed by atoms with Crippen LogP contribution >= 0.6 is 0 Å². The molecule has 0 amide bonds. The van der Waals surface area contributed by atoms with Gasteiger partial charge in [-0.1, -0.05) is 0 Å². The van der Waals surface area contributed by atoms with E-state index in [-0.39, 0.29) is 12.0 Å². The number of fused-ring (bicyclic) bond motifs is 1. The third-order valence-corrected chi connectivity index (χ3v) is 6.54. The van der Waals surface area contributed by atoms with E-state index in [1.54, 1.807) is 10.9 Å². The molecular formula is C24H31FN6O3. The van der Waals surface area contributed by atoms with Gasteiger partial charge in [0.2, 0.25) is 5.88 Å². The Hall–Kier alpha value is -2.82. The Morgan fingerprint density at radius 1 is 1.29 bits per heavy atom. The minimum absolute atomic E-state index is 0.0363. The maximum atomic E-state index is 14.4. The van der Waals surface area contributed by atoms with Crippen molar-refractivity contribution in [1.82, 2.24) is 29.4 Å². The number of pyridine rings is 1. The van der Waals surface area contributed by atoms with Crippen molar-refractivity contribution in [2.24, 2.45) is 5.92 Å². The Balaban J connectivity index is 1.41. The zero-order chi connectivity index (χ0) is 23.7. The van der Waals surface area contributed by atoms with Crippen molar-refractivity contribution in [2.45, 2.75) is 38.8 Å². The second kappa shape index (κ2) is 9.81. The maximum absolute atomic E-state index is 14.4. The summed E-state index contributed by atoms with van der Waals surface area (Å²) < 4.78 is 28.8. The average molecular weight is 471 g/mol. The van der Waals surface area contributed by atoms with Crippen molar-refractivity contribution in [3.63, 3.8) is 0 Å². The monoisotopic (exact) mass is 470 g/mol. The van der Waals surface area contributed by atoms with Gasteiger partial charge < -0.3 is 19.5 Å². The van der Waals surface area contributed by atoms with Gasteiger partial charge in [-0.2, -0.15) is 10.2 Å². The number of hydrogen-bond acceptors (Lipinski definition) is 7. The second-order valence-corrected chi connectivity index (χ2v) is 9.20. The third kappa shape index (κ3) is 4.70. The fourth-order valence-electron chi connectivity index (χ4n) is 5.03. The number of methoxy groups -OCH3 is 1. The zero-order valence-corrected chi connectivity index (χ0v) is 19.7. The number of aliphatic hydroxyl groups excluding tert-OH is 1. The summed E-state index contributed by atoms with van der Waals surface area (Å²) in [5, 5.41) is 19.2. The highest BCUT2D eigenvalue weighted by Gasteiger charge is 2.26. The second-order valence-electron chi connectivity index (χ2n) is 9.20. The number of rotatable bonds is 7. The number of β-amino-alcohol motifs (C(OH)–C–C–N with tert-alkyl or cyclic N) is 1. The van der Waals surface area contributed by atoms with Crippen LogP contribution < -0.4 is 4.74 Å². The maximum Gasteiger partial charge on any atom is 0.250 e. The largest absolute Gasteiger partial charge is 0.479 e. The molecule has 182 valence electrons. The van der Waals surface area contributed by atoms with Gasteiger partial charge in [-0.15, -0.1) is 0 Å². The average Bonchev–Trinajstić information content (AvgIpc) is 3.49. The van der Waals surface area contributed by atoms with E-state index in [9.17, 15) is 9.50 Å². The normalized spacial score (nSPS) is 19.7. The molecule has 3 aromatic heterocycles. The van der Waals surface area contributed by atoms with E-state index in [1.165, 1.54) is 13.2 Å². The lowest BCUT2D eigenvalue weighted by Gasteiger charge is -2.17. The van der Waals surface area contributed by atoms with Crippen molar-refractivity contribution in [3.05, 3.63) is 41.7 Å². The van der Waals surface area contributed by atoms with E-state index in [0.717, 1.165) is 55.0 Å². The minimum atomic E-state index is -0.523. The summed E-state index contributed by atoms with van der Waals surface area (Å²) >= 11 is 0. The Bertz CT molecular complexity index is 1140. The molecule has 2 aliphatic heterocycles. The quantitative estimate of drug-likeness (QED) is 0.566. The molecule has 1 fully saturated rings. The van der Waals surface area contributed by atoms with E-state index < -0.39 is 5.82 Å². The molecule has 2 aliphatic rings. The number of ether oxygens (including phenoxy) is 2. The first-order valence-electron chi connectivity index (χ1n) is 11.8. The molecule has 0 radical (unpaired) electrons. The van der Waals surface area contributed by atoms with Crippen molar-refractivity contribution < 1.29 is 19.0 Å². The van der Waals surface area contributed by atoms with Gasteiger partial charge >= 0.3 is 0 Å². The first kappa shape index (κ1) is 22.9. The van der Waals surface area contributed by atoms with Crippen LogP contribution in [0.2, 0.25) is 0 Å². The summed E-state index contributed by atoms with van der Waals surface area (Å²) in [5.41, 5.74) is 4.47. The molecule has 1 saturated heterocycles. The predicted octanol–water partition coefficient (Wildman–Crippen LogP) is 2.10. The van der Waals surface area contributed by atoms with E-state index >= 15 is 0 Å². The van der Waals surface area contributed by atoms with E-state index in [2.05, 4.69) is 15.0 Å². The summed E-state index contributed by atoms with van der Waals surface area (Å²) in [6, 6.07) is 1.40. The third-order valence-electron chi connectivity index (χ3n) is 6.54. The molecule has 5 rings (SSSR count). The van der Waals surface area contributed by atoms with E-state index in [4.69, 9.17) is 14.6 Å². The van der Waals surface area contributed by atoms with Crippen LogP contribution in [0.3, 0.4) is 0 Å². The van der Waals surface area contributed by atoms with Crippen LogP contribution in [0.25, 0.3) is 16.9 Å². The van der Waals surface area contributed by atoms with Crippen LogP contribution in [0.1, 0.15) is 24.6 Å². The Morgan fingerprint density at radius 2 is 2.15 bits per heavy atom. The number of likely N-dealkylation sites (tertiary alicyclic amines) is 1. The van der Waals surface area contributed by atoms with Gasteiger partial charge in [0.15, 0.2) is 5.82 Å². The van der Waals surface area contributed by atoms with Gasteiger partial charge in [0.1, 0.15) is 0 Å². The number of hydrogen-bond donors (Lipinski definition) is 1. The van der Waals surface area contributed by atoms with Gasteiger partial charge in [0.25, 0.3) is 0 Å². The number of halogens is 1. The van der Waals surface area contributed by atoms with Gasteiger partial charge in [0.05, 0.1) is 55.9 Å². The van der Waals surface area contributed by atoms with Gasteiger partial charge in [-0.05, 0) is 32.2 Å². The lowest BCUT2D eigenvalue weighted by Crippen LogP contribution is -2.29. The molecule has 0 bridgehead atoms. The van der Waals surface area contributed by atoms with Crippen LogP contribution in [0.15, 0.2) is 24.7 Å². The standard InChI is InChI=1S/C24H31FN6O3/c1-16(32)12-29-6-3-17(13-29)14-30-15-18(10-27-30)23-20-4-7-34-8-5-22(20)31(28-23)19-9-21(25)24(33-2)26-11-19/h9-11,15-17,32H,3-8,12-14H2,1-2H3/t16-,17+/m1/s1. The summed E-state index contributed by atoms with van der Waals surface area (Å²) in [6.45, 7) is 6.57. The minimum Gasteiger partial charge on any atom is -0.479 e. The summed E-state index contributed by atoms with van der Waals surface area (Å²) in [4.78, 5) is 6.40. The molecule has 0 aliphatic carbocycles. The molecule has 9 nitrogen and oxygen atoms in total. The number of aromatic nitrogens is 5. The lowest BCUT2D eigenvalue weighted by atomic mass is 10.0. The van der Waals surface area contributed by atoms with Gasteiger partial charge in [-0.3, -0.25) is 4.68 Å². The van der Waals surface area contributed by atoms with Crippen molar-refractivity contribution in [1.29, 1.82) is 0 Å². The summed E-state index contributed by atoms with van der Waals surface area (Å²) in [7, 11) is 1.40. The van der Waals surface area contributed by atoms with Gasteiger partial charge in [-0.25, -0.2) is 14.1 Å². The summed E-state index contributed by atoms with van der Waals surface area (Å²) in [5.74, 6) is -0.0571. The molecule has 0 aromatic carbocycles. The molecule has 0 unspecified atom stereocenters. The highest BCUT2D eigenvalue weighted by molar-refractivity contribution is 5.64. The molecule has 1 N–H and O–H groups in total. The topological polar surface area (TPSA) is 90.5 Å². The molecule has 2 atom stereocenters. The molecule has 34 heavy (non-hydrogen) atoms. The smallest absolute Gasteiger partial charge is 0.250 e. The molecule has 0 saturated carbocycles. The van der Waals surface area contributed by atoms with Crippen LogP contribution in [-0.2, 0) is 24.1 Å². The Kier molecular flexibility index (Phi) is 6.62. The van der Waals surface area contributed by atoms with Crippen LogP contribution in [0, 0.1) is 11.7 Å². The Labute approximate surface area is 198 Å². The van der Waals surface area contributed by atoms with E-state index in [1.807, 2.05) is 24.0 Å². The lowest BCUT2D eigenvalue weighted by molar-refractivity contribution is 0.138. The highest BCUT2D eigenvalue weighted by atomic mass is 19.1. The molecule has 3 aromatic rings. The number of aliphatic hydroxyl groups is 1. The predicted molar refractivity (Wildman–Crippen MR) is 124 cm³/mol. The highest BCUT2D eigenvalue weighted by Crippen LogP contribution is 2.31. The van der Waals surface area contributed by atoms with Crippen molar-refractivity contribution in [2.75, 3.05) is 40.0 Å². The molecule has 0 spiro atoms. The molecular weight excluding hydrogens is 439 g/mol. The zero-order valence-electron chi connectivity index (χ0n) is 19.7. The van der Waals surface area contributed by atoms with Crippen molar-refractivity contribution >= 4 is 0 Å². The first-order valence-corrected chi connectivity index (χ1v) is 11.8. The SMILES string of the molecule is COc1ncc(-n2nc(-c3cnn(C[C@H]4CCN(C[C@@H](C)O)C4)c3)c3c2CCOCC3)cc1F. The van der Waals surface area contributed by atoms with Crippen LogP contribution in [0.5, 0.6) is 5.88 Å². The van der Waals surface area contributed by atoms with Gasteiger partial charge in [0, 0.05) is 49.4 Å². The van der Waals surface area contributed by atoms with Crippen molar-refractivity contribution in [3.8, 4) is 22.8 Å². The number of nitrogens with zero attached hydrogens (tertiary/aromatic N) is 6. The first-order chi connectivity index (χ1) is 16.5. The molecule has 5 heterocycles. The molecule has 10 heteroatoms. The van der Waals surface area contributed by atoms with E-state index in [0.29, 0.717) is 37.8 Å². The Morgan fingerprint density at radius 3 is 2.94 bits per heavy atom. The summed E-state index contributed by atoms with van der Waals surface area (Å²) in [6.07, 6.45) is 7.69.